The van der Waals surface area contributed by atoms with Gasteiger partial charge in [0.15, 0.2) is 5.16 Å². The molecule has 3 heterocycles. The minimum Gasteiger partial charge on any atom is -0.377 e. The highest BCUT2D eigenvalue weighted by molar-refractivity contribution is 7.99. The fourth-order valence-electron chi connectivity index (χ4n) is 4.26. The maximum absolute atomic E-state index is 13.1. The van der Waals surface area contributed by atoms with Crippen LogP contribution in [0.5, 0.6) is 0 Å². The van der Waals surface area contributed by atoms with E-state index in [-0.39, 0.29) is 23.5 Å². The Kier molecular flexibility index (Phi) is 7.05. The second-order valence-electron chi connectivity index (χ2n) is 8.34. The van der Waals surface area contributed by atoms with Gasteiger partial charge in [-0.1, -0.05) is 17.8 Å². The van der Waals surface area contributed by atoms with Gasteiger partial charge >= 0.3 is 6.18 Å². The standard InChI is InChI=1S/C23H26F3N3O2S/c1-15-12-27-22(32-14-19-8-4-10-31-19)28-20(15)17-6-3-9-29(13-17)21(30)16-5-2-7-18(11-16)23(24,25)26/h2,5,7,11-12,17,19H,3-4,6,8-10,13-14H2,1H3/t17-,19-/m0/s1. The number of aryl methyl sites for hydroxylation is 1. The van der Waals surface area contributed by atoms with Gasteiger partial charge in [0.1, 0.15) is 0 Å². The topological polar surface area (TPSA) is 55.3 Å². The number of carbonyl (C=O) groups is 1. The largest absolute Gasteiger partial charge is 0.416 e. The summed E-state index contributed by atoms with van der Waals surface area (Å²) in [5.41, 5.74) is 1.13. The molecule has 1 aromatic heterocycles. The van der Waals surface area contributed by atoms with Gasteiger partial charge in [-0.2, -0.15) is 13.2 Å². The van der Waals surface area contributed by atoms with E-state index in [2.05, 4.69) is 4.98 Å². The molecule has 4 rings (SSSR count). The number of likely N-dealkylation sites (tertiary alicyclic amines) is 1. The Morgan fingerprint density at radius 2 is 2.12 bits per heavy atom. The van der Waals surface area contributed by atoms with Crippen LogP contribution in [0.15, 0.2) is 35.6 Å². The van der Waals surface area contributed by atoms with Crippen LogP contribution in [0.2, 0.25) is 0 Å². The van der Waals surface area contributed by atoms with Gasteiger partial charge in [0.05, 0.1) is 17.4 Å². The molecule has 2 aliphatic heterocycles. The molecule has 5 nitrogen and oxygen atoms in total. The zero-order valence-corrected chi connectivity index (χ0v) is 18.7. The minimum absolute atomic E-state index is 0.0311. The zero-order valence-electron chi connectivity index (χ0n) is 17.9. The summed E-state index contributed by atoms with van der Waals surface area (Å²) in [6, 6.07) is 4.64. The van der Waals surface area contributed by atoms with Gasteiger partial charge < -0.3 is 9.64 Å². The first kappa shape index (κ1) is 23.0. The van der Waals surface area contributed by atoms with E-state index in [4.69, 9.17) is 9.72 Å². The second-order valence-corrected chi connectivity index (χ2v) is 9.32. The fraction of sp³-hybridized carbons (Fsp3) is 0.522. The molecule has 0 radical (unpaired) electrons. The number of hydrogen-bond donors (Lipinski definition) is 0. The molecule has 9 heteroatoms. The third-order valence-corrected chi connectivity index (χ3v) is 6.94. The molecule has 2 atom stereocenters. The van der Waals surface area contributed by atoms with Crippen LogP contribution in [0.3, 0.4) is 0 Å². The number of alkyl halides is 3. The first-order chi connectivity index (χ1) is 15.3. The van der Waals surface area contributed by atoms with E-state index < -0.39 is 11.7 Å². The van der Waals surface area contributed by atoms with E-state index in [1.165, 1.54) is 12.1 Å². The Balaban J connectivity index is 1.46. The van der Waals surface area contributed by atoms with Crippen LogP contribution in [0.4, 0.5) is 13.2 Å². The van der Waals surface area contributed by atoms with Crippen molar-refractivity contribution in [1.29, 1.82) is 0 Å². The van der Waals surface area contributed by atoms with Gasteiger partial charge in [0, 0.05) is 43.1 Å². The van der Waals surface area contributed by atoms with Gasteiger partial charge in [-0.25, -0.2) is 9.97 Å². The fourth-order valence-corrected chi connectivity index (χ4v) is 5.15. The number of ether oxygens (including phenoxy) is 1. The Morgan fingerprint density at radius 3 is 2.88 bits per heavy atom. The Morgan fingerprint density at radius 1 is 1.28 bits per heavy atom. The molecular weight excluding hydrogens is 439 g/mol. The van der Waals surface area contributed by atoms with Crippen molar-refractivity contribution in [3.8, 4) is 0 Å². The monoisotopic (exact) mass is 465 g/mol. The molecule has 172 valence electrons. The number of hydrogen-bond acceptors (Lipinski definition) is 5. The second kappa shape index (κ2) is 9.79. The molecule has 2 fully saturated rings. The highest BCUT2D eigenvalue weighted by Crippen LogP contribution is 2.32. The van der Waals surface area contributed by atoms with Crippen molar-refractivity contribution in [2.75, 3.05) is 25.4 Å². The lowest BCUT2D eigenvalue weighted by atomic mass is 9.92. The highest BCUT2D eigenvalue weighted by Gasteiger charge is 2.32. The molecule has 0 spiro atoms. The van der Waals surface area contributed by atoms with E-state index >= 15 is 0 Å². The SMILES string of the molecule is Cc1cnc(SC[C@@H]2CCCO2)nc1[C@H]1CCCN(C(=O)c2cccc(C(F)(F)F)c2)C1. The first-order valence-corrected chi connectivity index (χ1v) is 11.8. The van der Waals surface area contributed by atoms with E-state index in [0.29, 0.717) is 18.2 Å². The van der Waals surface area contributed by atoms with E-state index in [1.54, 1.807) is 16.7 Å². The summed E-state index contributed by atoms with van der Waals surface area (Å²) in [4.78, 5) is 23.8. The van der Waals surface area contributed by atoms with Crippen LogP contribution in [0, 0.1) is 6.92 Å². The Hall–Kier alpha value is -2.13. The third-order valence-electron chi connectivity index (χ3n) is 5.94. The quantitative estimate of drug-likeness (QED) is 0.455. The molecule has 1 aromatic carbocycles. The van der Waals surface area contributed by atoms with Crippen molar-refractivity contribution in [2.24, 2.45) is 0 Å². The van der Waals surface area contributed by atoms with Crippen LogP contribution in [-0.4, -0.2) is 52.3 Å². The highest BCUT2D eigenvalue weighted by atomic mass is 32.2. The molecule has 2 saturated heterocycles. The number of carbonyl (C=O) groups excluding carboxylic acids is 1. The number of piperidine rings is 1. The Labute approximate surface area is 189 Å². The van der Waals surface area contributed by atoms with Crippen molar-refractivity contribution < 1.29 is 22.7 Å². The smallest absolute Gasteiger partial charge is 0.377 e. The number of aromatic nitrogens is 2. The molecule has 0 saturated carbocycles. The molecule has 2 aromatic rings. The van der Waals surface area contributed by atoms with Crippen molar-refractivity contribution in [1.82, 2.24) is 14.9 Å². The van der Waals surface area contributed by atoms with Crippen LogP contribution in [0.25, 0.3) is 0 Å². The van der Waals surface area contributed by atoms with Crippen molar-refractivity contribution >= 4 is 17.7 Å². The number of nitrogens with zero attached hydrogens (tertiary/aromatic N) is 3. The zero-order chi connectivity index (χ0) is 22.7. The van der Waals surface area contributed by atoms with Crippen molar-refractivity contribution in [3.63, 3.8) is 0 Å². The summed E-state index contributed by atoms with van der Waals surface area (Å²) >= 11 is 1.58. The molecule has 32 heavy (non-hydrogen) atoms. The predicted octanol–water partition coefficient (Wildman–Crippen LogP) is 5.09. The van der Waals surface area contributed by atoms with Crippen molar-refractivity contribution in [3.05, 3.63) is 52.8 Å². The lowest BCUT2D eigenvalue weighted by Gasteiger charge is -2.33. The summed E-state index contributed by atoms with van der Waals surface area (Å²) in [6.07, 6.45) is 1.37. The van der Waals surface area contributed by atoms with E-state index in [9.17, 15) is 18.0 Å². The maximum atomic E-state index is 13.1. The van der Waals surface area contributed by atoms with Crippen molar-refractivity contribution in [2.45, 2.75) is 56.0 Å². The first-order valence-electron chi connectivity index (χ1n) is 10.9. The lowest BCUT2D eigenvalue weighted by molar-refractivity contribution is -0.137. The third kappa shape index (κ3) is 5.43. The van der Waals surface area contributed by atoms with E-state index in [0.717, 1.165) is 61.4 Å². The molecule has 0 bridgehead atoms. The van der Waals surface area contributed by atoms with Crippen LogP contribution < -0.4 is 0 Å². The van der Waals surface area contributed by atoms with Gasteiger partial charge in [-0.05, 0) is 56.4 Å². The van der Waals surface area contributed by atoms with Crippen LogP contribution in [0.1, 0.15) is 58.8 Å². The predicted molar refractivity (Wildman–Crippen MR) is 116 cm³/mol. The van der Waals surface area contributed by atoms with Gasteiger partial charge in [-0.15, -0.1) is 0 Å². The molecule has 1 amide bonds. The summed E-state index contributed by atoms with van der Waals surface area (Å²) in [5.74, 6) is 0.469. The number of benzene rings is 1. The molecule has 0 aliphatic carbocycles. The minimum atomic E-state index is -4.48. The summed E-state index contributed by atoms with van der Waals surface area (Å²) in [7, 11) is 0. The summed E-state index contributed by atoms with van der Waals surface area (Å²) in [5, 5.41) is 0.697. The van der Waals surface area contributed by atoms with Gasteiger partial charge in [-0.3, -0.25) is 4.79 Å². The number of amides is 1. The maximum Gasteiger partial charge on any atom is 0.416 e. The molecule has 0 unspecified atom stereocenters. The molecular formula is C23H26F3N3O2S. The van der Waals surface area contributed by atoms with Crippen LogP contribution in [-0.2, 0) is 10.9 Å². The van der Waals surface area contributed by atoms with E-state index in [1.807, 2.05) is 13.1 Å². The molecule has 2 aliphatic rings. The normalized spacial score (nSPS) is 21.7. The lowest BCUT2D eigenvalue weighted by Crippen LogP contribution is -2.39. The van der Waals surface area contributed by atoms with Gasteiger partial charge in [0.2, 0.25) is 0 Å². The summed E-state index contributed by atoms with van der Waals surface area (Å²) < 4.78 is 44.8. The number of thioether (sulfide) groups is 1. The average molecular weight is 466 g/mol. The number of rotatable bonds is 5. The molecule has 0 N–H and O–H groups in total. The Bertz CT molecular complexity index is 964. The van der Waals surface area contributed by atoms with Crippen LogP contribution >= 0.6 is 11.8 Å². The average Bonchev–Trinajstić information content (AvgIpc) is 3.31. The van der Waals surface area contributed by atoms with Gasteiger partial charge in [0.25, 0.3) is 5.91 Å². The number of halogens is 3. The summed E-state index contributed by atoms with van der Waals surface area (Å²) in [6.45, 7) is 3.72.